The van der Waals surface area contributed by atoms with Crippen molar-refractivity contribution in [3.05, 3.63) is 29.8 Å². The molecule has 20 heavy (non-hydrogen) atoms. The Kier molecular flexibility index (Phi) is 3.30. The van der Waals surface area contributed by atoms with Gasteiger partial charge in [0.05, 0.1) is 5.41 Å². The summed E-state index contributed by atoms with van der Waals surface area (Å²) in [4.78, 5) is 8.96. The van der Waals surface area contributed by atoms with Crippen molar-refractivity contribution in [2.45, 2.75) is 51.0 Å². The van der Waals surface area contributed by atoms with Gasteiger partial charge in [0.1, 0.15) is 5.69 Å². The van der Waals surface area contributed by atoms with E-state index in [-0.39, 0.29) is 11.5 Å². The maximum atomic E-state index is 6.21. The first-order valence-electron chi connectivity index (χ1n) is 7.19. The Labute approximate surface area is 118 Å². The number of aryl methyl sites for hydroxylation is 1. The molecule has 5 heteroatoms. The third-order valence-corrected chi connectivity index (χ3v) is 4.43. The smallest absolute Gasteiger partial charge is 0.234 e. The molecule has 1 saturated carbocycles. The molecule has 2 atom stereocenters. The van der Waals surface area contributed by atoms with Crippen LogP contribution in [0.4, 0.5) is 0 Å². The molecule has 5 nitrogen and oxygen atoms in total. The Bertz CT molecular complexity index is 609. The quantitative estimate of drug-likeness (QED) is 0.928. The van der Waals surface area contributed by atoms with Gasteiger partial charge in [-0.1, -0.05) is 24.6 Å². The molecule has 2 aromatic heterocycles. The van der Waals surface area contributed by atoms with E-state index in [4.69, 9.17) is 10.3 Å². The summed E-state index contributed by atoms with van der Waals surface area (Å²) < 4.78 is 5.49. The van der Waals surface area contributed by atoms with Gasteiger partial charge in [-0.05, 0) is 37.8 Å². The molecular weight excluding hydrogens is 252 g/mol. The molecule has 1 fully saturated rings. The lowest BCUT2D eigenvalue weighted by atomic mass is 9.85. The highest BCUT2D eigenvalue weighted by Crippen LogP contribution is 2.39. The molecule has 1 aliphatic rings. The van der Waals surface area contributed by atoms with Gasteiger partial charge in [0, 0.05) is 12.2 Å². The number of rotatable bonds is 3. The van der Waals surface area contributed by atoms with E-state index in [1.165, 1.54) is 0 Å². The zero-order chi connectivity index (χ0) is 14.2. The van der Waals surface area contributed by atoms with Crippen molar-refractivity contribution < 1.29 is 4.52 Å². The maximum absolute atomic E-state index is 6.21. The number of hydrogen-bond donors (Lipinski definition) is 1. The topological polar surface area (TPSA) is 77.8 Å². The van der Waals surface area contributed by atoms with Crippen molar-refractivity contribution in [1.29, 1.82) is 0 Å². The lowest BCUT2D eigenvalue weighted by Crippen LogP contribution is -2.38. The lowest BCUT2D eigenvalue weighted by Gasteiger charge is -2.23. The second-order valence-corrected chi connectivity index (χ2v) is 5.70. The fourth-order valence-electron chi connectivity index (χ4n) is 2.94. The van der Waals surface area contributed by atoms with Crippen molar-refractivity contribution in [2.75, 3.05) is 0 Å². The molecule has 0 saturated heterocycles. The normalized spacial score (nSPS) is 26.1. The monoisotopic (exact) mass is 272 g/mol. The molecule has 106 valence electrons. The van der Waals surface area contributed by atoms with Gasteiger partial charge in [0.2, 0.25) is 11.7 Å². The van der Waals surface area contributed by atoms with Crippen LogP contribution in [0.2, 0.25) is 0 Å². The SMILES string of the molecule is CCc1cccnc1-c1noc(C2(C)CCCC2N)n1. The summed E-state index contributed by atoms with van der Waals surface area (Å²) in [7, 11) is 0. The Morgan fingerprint density at radius 3 is 3.05 bits per heavy atom. The van der Waals surface area contributed by atoms with E-state index < -0.39 is 0 Å². The van der Waals surface area contributed by atoms with Gasteiger partial charge in [-0.2, -0.15) is 4.98 Å². The third-order valence-electron chi connectivity index (χ3n) is 4.43. The highest BCUT2D eigenvalue weighted by atomic mass is 16.5. The van der Waals surface area contributed by atoms with Gasteiger partial charge in [-0.3, -0.25) is 4.98 Å². The highest BCUT2D eigenvalue weighted by Gasteiger charge is 2.42. The zero-order valence-electron chi connectivity index (χ0n) is 12.0. The van der Waals surface area contributed by atoms with Crippen molar-refractivity contribution in [3.8, 4) is 11.5 Å². The Hall–Kier alpha value is -1.75. The zero-order valence-corrected chi connectivity index (χ0v) is 12.0. The van der Waals surface area contributed by atoms with E-state index >= 15 is 0 Å². The molecular formula is C15H20N4O. The second-order valence-electron chi connectivity index (χ2n) is 5.70. The molecule has 0 radical (unpaired) electrons. The highest BCUT2D eigenvalue weighted by molar-refractivity contribution is 5.54. The van der Waals surface area contributed by atoms with Crippen molar-refractivity contribution in [1.82, 2.24) is 15.1 Å². The summed E-state index contributed by atoms with van der Waals surface area (Å²) in [6.45, 7) is 4.21. The van der Waals surface area contributed by atoms with Crippen LogP contribution in [-0.2, 0) is 11.8 Å². The van der Waals surface area contributed by atoms with Crippen LogP contribution in [0.25, 0.3) is 11.5 Å². The maximum Gasteiger partial charge on any atom is 0.234 e. The number of hydrogen-bond acceptors (Lipinski definition) is 5. The van der Waals surface area contributed by atoms with Crippen molar-refractivity contribution >= 4 is 0 Å². The first-order valence-corrected chi connectivity index (χ1v) is 7.19. The van der Waals surface area contributed by atoms with Crippen molar-refractivity contribution in [2.24, 2.45) is 5.73 Å². The molecule has 0 amide bonds. The van der Waals surface area contributed by atoms with Crippen molar-refractivity contribution in [3.63, 3.8) is 0 Å². The van der Waals surface area contributed by atoms with Gasteiger partial charge in [0.15, 0.2) is 0 Å². The summed E-state index contributed by atoms with van der Waals surface area (Å²) in [6.07, 6.45) is 5.77. The van der Waals surface area contributed by atoms with Crippen LogP contribution in [0.15, 0.2) is 22.9 Å². The minimum atomic E-state index is -0.202. The van der Waals surface area contributed by atoms with E-state index in [0.29, 0.717) is 11.7 Å². The predicted octanol–water partition coefficient (Wildman–Crippen LogP) is 2.46. The van der Waals surface area contributed by atoms with E-state index in [1.54, 1.807) is 6.20 Å². The van der Waals surface area contributed by atoms with Crippen LogP contribution in [0.1, 0.15) is 44.6 Å². The molecule has 2 heterocycles. The molecule has 2 aromatic rings. The largest absolute Gasteiger partial charge is 0.338 e. The molecule has 0 bridgehead atoms. The van der Waals surface area contributed by atoms with E-state index in [9.17, 15) is 0 Å². The van der Waals surface area contributed by atoms with Gasteiger partial charge < -0.3 is 10.3 Å². The van der Waals surface area contributed by atoms with E-state index in [2.05, 4.69) is 29.0 Å². The van der Waals surface area contributed by atoms with Crippen LogP contribution in [-0.4, -0.2) is 21.2 Å². The van der Waals surface area contributed by atoms with Crippen LogP contribution < -0.4 is 5.73 Å². The van der Waals surface area contributed by atoms with Gasteiger partial charge in [0.25, 0.3) is 0 Å². The van der Waals surface area contributed by atoms with Gasteiger partial charge in [-0.15, -0.1) is 0 Å². The summed E-state index contributed by atoms with van der Waals surface area (Å²) >= 11 is 0. The average molecular weight is 272 g/mol. The molecule has 1 aliphatic carbocycles. The number of aromatic nitrogens is 3. The Morgan fingerprint density at radius 1 is 1.50 bits per heavy atom. The van der Waals surface area contributed by atoms with Crippen LogP contribution in [0, 0.1) is 0 Å². The third kappa shape index (κ3) is 2.02. The lowest BCUT2D eigenvalue weighted by molar-refractivity contribution is 0.278. The van der Waals surface area contributed by atoms with E-state index in [1.807, 2.05) is 12.1 Å². The molecule has 3 rings (SSSR count). The standard InChI is InChI=1S/C15H20N4O/c1-3-10-6-5-9-17-12(10)13-18-14(20-19-13)15(2)8-4-7-11(15)16/h5-6,9,11H,3-4,7-8,16H2,1-2H3. The number of nitrogens with zero attached hydrogens (tertiary/aromatic N) is 3. The van der Waals surface area contributed by atoms with Gasteiger partial charge >= 0.3 is 0 Å². The van der Waals surface area contributed by atoms with Gasteiger partial charge in [-0.25, -0.2) is 0 Å². The Balaban J connectivity index is 1.98. The molecule has 2 unspecified atom stereocenters. The number of pyridine rings is 1. The molecule has 0 aromatic carbocycles. The molecule has 0 aliphatic heterocycles. The summed E-state index contributed by atoms with van der Waals surface area (Å²) in [5.41, 5.74) is 7.94. The predicted molar refractivity (Wildman–Crippen MR) is 76.1 cm³/mol. The summed E-state index contributed by atoms with van der Waals surface area (Å²) in [5, 5.41) is 4.12. The molecule has 2 N–H and O–H groups in total. The fourth-order valence-corrected chi connectivity index (χ4v) is 2.94. The minimum absolute atomic E-state index is 0.0881. The second kappa shape index (κ2) is 4.98. The summed E-state index contributed by atoms with van der Waals surface area (Å²) in [5.74, 6) is 1.21. The Morgan fingerprint density at radius 2 is 2.35 bits per heavy atom. The fraction of sp³-hybridized carbons (Fsp3) is 0.533. The first-order chi connectivity index (χ1) is 9.65. The number of nitrogens with two attached hydrogens (primary N) is 1. The minimum Gasteiger partial charge on any atom is -0.338 e. The van der Waals surface area contributed by atoms with Crippen LogP contribution in [0.3, 0.4) is 0 Å². The van der Waals surface area contributed by atoms with E-state index in [0.717, 1.165) is 36.9 Å². The molecule has 0 spiro atoms. The van der Waals surface area contributed by atoms with Crippen LogP contribution >= 0.6 is 0 Å². The first kappa shape index (κ1) is 13.2. The average Bonchev–Trinajstić information content (AvgIpc) is 3.08. The van der Waals surface area contributed by atoms with Crippen LogP contribution in [0.5, 0.6) is 0 Å². The summed E-state index contributed by atoms with van der Waals surface area (Å²) in [6, 6.07) is 4.06.